The van der Waals surface area contributed by atoms with Crippen LogP contribution in [0, 0.1) is 11.8 Å². The molecule has 1 N–H and O–H groups in total. The molecule has 1 fully saturated rings. The Balaban J connectivity index is 1.96. The van der Waals surface area contributed by atoms with Crippen molar-refractivity contribution in [1.82, 2.24) is 13.5 Å². The molecule has 19 heavy (non-hydrogen) atoms. The largest absolute Gasteiger partial charge is 0.274 e. The van der Waals surface area contributed by atoms with E-state index in [2.05, 4.69) is 13.5 Å². The fraction of sp³-hybridized carbons (Fsp3) is 0.364. The molecule has 0 aliphatic heterocycles. The molecule has 1 amide bonds. The summed E-state index contributed by atoms with van der Waals surface area (Å²) in [6, 6.07) is 4.70. The van der Waals surface area contributed by atoms with Gasteiger partial charge in [-0.2, -0.15) is 8.75 Å². The summed E-state index contributed by atoms with van der Waals surface area (Å²) >= 11 is 0.944. The number of aromatic nitrogens is 2. The maximum atomic E-state index is 12.2. The van der Waals surface area contributed by atoms with Crippen molar-refractivity contribution in [3.05, 3.63) is 18.2 Å². The van der Waals surface area contributed by atoms with E-state index >= 15 is 0 Å². The van der Waals surface area contributed by atoms with Crippen LogP contribution in [0.25, 0.3) is 11.0 Å². The van der Waals surface area contributed by atoms with Gasteiger partial charge in [0.15, 0.2) is 0 Å². The fourth-order valence-corrected chi connectivity index (χ4v) is 3.74. The molecule has 1 aromatic heterocycles. The lowest BCUT2D eigenvalue weighted by Gasteiger charge is -2.06. The van der Waals surface area contributed by atoms with Crippen molar-refractivity contribution < 1.29 is 13.2 Å². The van der Waals surface area contributed by atoms with Crippen molar-refractivity contribution in [1.29, 1.82) is 0 Å². The van der Waals surface area contributed by atoms with E-state index in [1.807, 2.05) is 6.92 Å². The summed E-state index contributed by atoms with van der Waals surface area (Å²) in [7, 11) is -3.88. The van der Waals surface area contributed by atoms with Gasteiger partial charge in [0.05, 0.1) is 11.7 Å². The Labute approximate surface area is 114 Å². The van der Waals surface area contributed by atoms with Crippen LogP contribution in [0.1, 0.15) is 13.3 Å². The van der Waals surface area contributed by atoms with E-state index < -0.39 is 15.9 Å². The highest BCUT2D eigenvalue weighted by Crippen LogP contribution is 2.38. The first-order chi connectivity index (χ1) is 8.99. The Hall–Kier alpha value is -1.54. The lowest BCUT2D eigenvalue weighted by molar-refractivity contribution is -0.120. The molecule has 1 heterocycles. The van der Waals surface area contributed by atoms with E-state index in [1.165, 1.54) is 6.07 Å². The number of carbonyl (C=O) groups excluding carboxylic acids is 1. The van der Waals surface area contributed by atoms with Crippen LogP contribution in [0.4, 0.5) is 0 Å². The van der Waals surface area contributed by atoms with Crippen molar-refractivity contribution in [3.8, 4) is 0 Å². The van der Waals surface area contributed by atoms with Crippen LogP contribution in [0.15, 0.2) is 23.1 Å². The number of rotatable bonds is 3. The average Bonchev–Trinajstić information content (AvgIpc) is 2.90. The third-order valence-electron chi connectivity index (χ3n) is 3.22. The van der Waals surface area contributed by atoms with Gasteiger partial charge in [0.1, 0.15) is 15.9 Å². The van der Waals surface area contributed by atoms with Crippen LogP contribution in [0.3, 0.4) is 0 Å². The molecule has 1 saturated carbocycles. The van der Waals surface area contributed by atoms with Crippen LogP contribution >= 0.6 is 11.7 Å². The van der Waals surface area contributed by atoms with Gasteiger partial charge in [0.2, 0.25) is 5.91 Å². The van der Waals surface area contributed by atoms with Crippen molar-refractivity contribution in [3.63, 3.8) is 0 Å². The molecule has 100 valence electrons. The second-order valence-electron chi connectivity index (χ2n) is 4.68. The van der Waals surface area contributed by atoms with Crippen LogP contribution in [0.5, 0.6) is 0 Å². The van der Waals surface area contributed by atoms with Gasteiger partial charge in [-0.15, -0.1) is 0 Å². The maximum absolute atomic E-state index is 12.2. The summed E-state index contributed by atoms with van der Waals surface area (Å²) in [5.41, 5.74) is 0.816. The highest BCUT2D eigenvalue weighted by atomic mass is 32.2. The molecule has 6 nitrogen and oxygen atoms in total. The van der Waals surface area contributed by atoms with Gasteiger partial charge in [-0.3, -0.25) is 4.79 Å². The molecular formula is C11H11N3O3S2. The van der Waals surface area contributed by atoms with Gasteiger partial charge in [0.25, 0.3) is 10.0 Å². The number of amides is 1. The lowest BCUT2D eigenvalue weighted by atomic mass is 10.3. The van der Waals surface area contributed by atoms with Crippen molar-refractivity contribution in [2.45, 2.75) is 18.2 Å². The number of nitrogens with one attached hydrogen (secondary N) is 1. The van der Waals surface area contributed by atoms with Gasteiger partial charge in [-0.25, -0.2) is 13.1 Å². The second kappa shape index (κ2) is 4.24. The molecular weight excluding hydrogens is 286 g/mol. The summed E-state index contributed by atoms with van der Waals surface area (Å²) in [5.74, 6) is -0.373. The summed E-state index contributed by atoms with van der Waals surface area (Å²) in [6.07, 6.45) is 0.740. The first-order valence-electron chi connectivity index (χ1n) is 5.77. The van der Waals surface area contributed by atoms with Crippen molar-refractivity contribution >= 4 is 38.7 Å². The van der Waals surface area contributed by atoms with Gasteiger partial charge < -0.3 is 0 Å². The molecule has 0 saturated heterocycles. The Morgan fingerprint density at radius 3 is 2.84 bits per heavy atom. The zero-order valence-electron chi connectivity index (χ0n) is 10.0. The maximum Gasteiger partial charge on any atom is 0.266 e. The zero-order valence-corrected chi connectivity index (χ0v) is 11.7. The number of hydrogen-bond donors (Lipinski definition) is 1. The van der Waals surface area contributed by atoms with Crippen LogP contribution in [-0.4, -0.2) is 23.1 Å². The Morgan fingerprint density at radius 2 is 2.16 bits per heavy atom. The minimum absolute atomic E-state index is 0.000373. The Kier molecular flexibility index (Phi) is 2.79. The molecule has 2 aromatic rings. The molecule has 0 spiro atoms. The summed E-state index contributed by atoms with van der Waals surface area (Å²) < 4.78 is 34.5. The summed E-state index contributed by atoms with van der Waals surface area (Å²) in [6.45, 7) is 1.92. The number of sulfonamides is 1. The average molecular weight is 297 g/mol. The number of benzene rings is 1. The van der Waals surface area contributed by atoms with Gasteiger partial charge >= 0.3 is 0 Å². The number of nitrogens with zero attached hydrogens (tertiary/aromatic N) is 2. The summed E-state index contributed by atoms with van der Waals surface area (Å²) in [5, 5.41) is 0. The van der Waals surface area contributed by atoms with Crippen molar-refractivity contribution in [2.24, 2.45) is 11.8 Å². The van der Waals surface area contributed by atoms with E-state index in [0.29, 0.717) is 11.0 Å². The van der Waals surface area contributed by atoms with Crippen LogP contribution in [0.2, 0.25) is 0 Å². The molecule has 0 unspecified atom stereocenters. The van der Waals surface area contributed by atoms with E-state index in [4.69, 9.17) is 0 Å². The quantitative estimate of drug-likeness (QED) is 0.918. The Morgan fingerprint density at radius 1 is 1.42 bits per heavy atom. The normalized spacial score (nSPS) is 22.4. The topological polar surface area (TPSA) is 89.0 Å². The monoisotopic (exact) mass is 297 g/mol. The van der Waals surface area contributed by atoms with E-state index in [1.54, 1.807) is 12.1 Å². The smallest absolute Gasteiger partial charge is 0.266 e. The minimum Gasteiger partial charge on any atom is -0.274 e. The van der Waals surface area contributed by atoms with Gasteiger partial charge in [0, 0.05) is 5.92 Å². The Bertz CT molecular complexity index is 753. The highest BCUT2D eigenvalue weighted by molar-refractivity contribution is 7.90. The standard InChI is InChI=1S/C11H11N3O3S2/c1-6-5-7(6)11(15)14-19(16,17)9-4-2-3-8-10(9)13-18-12-8/h2-4,6-7H,5H2,1H3,(H,14,15)/t6-,7-/m1/s1. The molecule has 3 rings (SSSR count). The highest BCUT2D eigenvalue weighted by Gasteiger charge is 2.41. The third-order valence-corrected chi connectivity index (χ3v) is 5.14. The van der Waals surface area contributed by atoms with Crippen molar-refractivity contribution in [2.75, 3.05) is 0 Å². The fourth-order valence-electron chi connectivity index (χ4n) is 1.95. The predicted octanol–water partition coefficient (Wildman–Crippen LogP) is 1.15. The molecule has 1 aliphatic rings. The molecule has 0 radical (unpaired) electrons. The second-order valence-corrected chi connectivity index (χ2v) is 6.86. The van der Waals surface area contributed by atoms with E-state index in [-0.39, 0.29) is 16.7 Å². The molecule has 1 aliphatic carbocycles. The van der Waals surface area contributed by atoms with Gasteiger partial charge in [-0.1, -0.05) is 13.0 Å². The lowest BCUT2D eigenvalue weighted by Crippen LogP contribution is -2.32. The van der Waals surface area contributed by atoms with Gasteiger partial charge in [-0.05, 0) is 24.5 Å². The van der Waals surface area contributed by atoms with E-state index in [9.17, 15) is 13.2 Å². The van der Waals surface area contributed by atoms with Crippen LogP contribution < -0.4 is 4.72 Å². The third kappa shape index (κ3) is 2.21. The molecule has 1 aromatic carbocycles. The number of hydrogen-bond acceptors (Lipinski definition) is 6. The first kappa shape index (κ1) is 12.5. The first-order valence-corrected chi connectivity index (χ1v) is 7.98. The van der Waals surface area contributed by atoms with E-state index in [0.717, 1.165) is 18.1 Å². The summed E-state index contributed by atoms with van der Waals surface area (Å²) in [4.78, 5) is 11.8. The molecule has 8 heteroatoms. The zero-order chi connectivity index (χ0) is 13.6. The van der Waals surface area contributed by atoms with Crippen LogP contribution in [-0.2, 0) is 14.8 Å². The minimum atomic E-state index is -3.88. The molecule has 2 atom stereocenters. The number of carbonyl (C=O) groups is 1. The number of fused-ring (bicyclic) bond motifs is 1. The molecule has 0 bridgehead atoms. The SMILES string of the molecule is C[C@@H]1C[C@H]1C(=O)NS(=O)(=O)c1cccc2nsnc12. The predicted molar refractivity (Wildman–Crippen MR) is 70.0 cm³/mol.